The van der Waals surface area contributed by atoms with E-state index in [1.807, 2.05) is 24.3 Å². The van der Waals surface area contributed by atoms with Gasteiger partial charge in [0.2, 0.25) is 5.89 Å². The van der Waals surface area contributed by atoms with Gasteiger partial charge in [0.25, 0.3) is 5.91 Å². The fraction of sp³-hybridized carbons (Fsp3) is 0.296. The normalized spacial score (nSPS) is 16.4. The Kier molecular flexibility index (Phi) is 6.58. The second-order valence-corrected chi connectivity index (χ2v) is 9.17. The van der Waals surface area contributed by atoms with Crippen LogP contribution < -0.4 is 10.5 Å². The van der Waals surface area contributed by atoms with Gasteiger partial charge in [0.05, 0.1) is 25.8 Å². The summed E-state index contributed by atoms with van der Waals surface area (Å²) in [4.78, 5) is 23.5. The maximum atomic E-state index is 13.7. The van der Waals surface area contributed by atoms with Crippen LogP contribution >= 0.6 is 0 Å². The Balaban J connectivity index is 1.60. The van der Waals surface area contributed by atoms with Crippen molar-refractivity contribution in [2.24, 2.45) is 5.73 Å². The van der Waals surface area contributed by atoms with Crippen molar-refractivity contribution in [3.63, 3.8) is 0 Å². The Hall–Kier alpha value is -3.96. The first kappa shape index (κ1) is 25.7. The average Bonchev–Trinajstić information content (AvgIpc) is 3.36. The Labute approximate surface area is 215 Å². The monoisotopic (exact) mass is 526 g/mol. The Bertz CT molecular complexity index is 1520. The fourth-order valence-electron chi connectivity index (χ4n) is 4.73. The molecule has 38 heavy (non-hydrogen) atoms. The summed E-state index contributed by atoms with van der Waals surface area (Å²) < 4.78 is 51.2. The van der Waals surface area contributed by atoms with E-state index in [4.69, 9.17) is 14.9 Å². The number of benzene rings is 2. The molecule has 4 aromatic rings. The number of amides is 1. The Morgan fingerprint density at radius 1 is 1.18 bits per heavy atom. The molecule has 3 N–H and O–H groups in total. The summed E-state index contributed by atoms with van der Waals surface area (Å²) in [6.07, 6.45) is -4.16. The zero-order chi connectivity index (χ0) is 27.2. The molecule has 198 valence electrons. The minimum atomic E-state index is -4.64. The first-order chi connectivity index (χ1) is 18.1. The molecule has 2 aromatic carbocycles. The third kappa shape index (κ3) is 4.48. The summed E-state index contributed by atoms with van der Waals surface area (Å²) in [7, 11) is 1.33. The molecule has 8 nitrogen and oxygen atoms in total. The number of nitrogens with two attached hydrogens (primary N) is 1. The second kappa shape index (κ2) is 9.73. The number of carbonyl (C=O) groups is 1. The first-order valence-corrected chi connectivity index (χ1v) is 11.9. The maximum Gasteiger partial charge on any atom is 0.433 e. The number of methoxy groups -OCH3 is 1. The van der Waals surface area contributed by atoms with E-state index in [2.05, 4.69) is 9.97 Å². The van der Waals surface area contributed by atoms with Crippen LogP contribution in [0.1, 0.15) is 46.0 Å². The van der Waals surface area contributed by atoms with Gasteiger partial charge < -0.3 is 24.9 Å². The minimum absolute atomic E-state index is 0.00724. The van der Waals surface area contributed by atoms with Crippen molar-refractivity contribution in [3.05, 3.63) is 76.8 Å². The summed E-state index contributed by atoms with van der Waals surface area (Å²) >= 11 is 0. The van der Waals surface area contributed by atoms with Crippen molar-refractivity contribution in [1.29, 1.82) is 0 Å². The lowest BCUT2D eigenvalue weighted by atomic mass is 9.94. The van der Waals surface area contributed by atoms with Gasteiger partial charge >= 0.3 is 6.18 Å². The molecule has 1 aliphatic rings. The minimum Gasteiger partial charge on any atom is -0.494 e. The molecule has 0 spiro atoms. The topological polar surface area (TPSA) is 115 Å². The van der Waals surface area contributed by atoms with Gasteiger partial charge in [-0.05, 0) is 48.7 Å². The van der Waals surface area contributed by atoms with E-state index >= 15 is 0 Å². The number of ether oxygens (including phenoxy) is 1. The third-order valence-electron chi connectivity index (χ3n) is 6.66. The van der Waals surface area contributed by atoms with E-state index < -0.39 is 29.9 Å². The Morgan fingerprint density at radius 2 is 1.92 bits per heavy atom. The number of fused-ring (bicyclic) bond motifs is 2. The molecule has 11 heteroatoms. The maximum absolute atomic E-state index is 13.7. The zero-order valence-electron chi connectivity index (χ0n) is 20.6. The lowest BCUT2D eigenvalue weighted by molar-refractivity contribution is -0.140. The molecule has 2 atom stereocenters. The SMILES string of the molecule is COc1ccc(-c2nc(C(=O)N3Cc4ccccc4C[C@H]3CO)c([C@H](C)N)o2)c2ccc(C(F)(F)F)nc12. The van der Waals surface area contributed by atoms with Crippen molar-refractivity contribution in [2.45, 2.75) is 38.1 Å². The largest absolute Gasteiger partial charge is 0.494 e. The molecule has 0 saturated carbocycles. The fourth-order valence-corrected chi connectivity index (χ4v) is 4.73. The lowest BCUT2D eigenvalue weighted by Crippen LogP contribution is -2.46. The highest BCUT2D eigenvalue weighted by Crippen LogP contribution is 2.38. The molecular weight excluding hydrogens is 501 g/mol. The molecule has 0 bridgehead atoms. The van der Waals surface area contributed by atoms with Crippen LogP contribution in [0.4, 0.5) is 13.2 Å². The van der Waals surface area contributed by atoms with E-state index in [0.717, 1.165) is 17.2 Å². The highest BCUT2D eigenvalue weighted by Gasteiger charge is 2.35. The molecule has 1 amide bonds. The number of nitrogens with zero attached hydrogens (tertiary/aromatic N) is 3. The molecule has 1 aliphatic heterocycles. The zero-order valence-corrected chi connectivity index (χ0v) is 20.6. The van der Waals surface area contributed by atoms with Gasteiger partial charge in [-0.25, -0.2) is 9.97 Å². The van der Waals surface area contributed by atoms with Crippen molar-refractivity contribution < 1.29 is 32.2 Å². The molecule has 0 fully saturated rings. The van der Waals surface area contributed by atoms with Crippen LogP contribution in [0.25, 0.3) is 22.4 Å². The molecule has 2 aromatic heterocycles. The highest BCUT2D eigenvalue weighted by atomic mass is 19.4. The van der Waals surface area contributed by atoms with Crippen LogP contribution in [0.3, 0.4) is 0 Å². The predicted octanol–water partition coefficient (Wildman–Crippen LogP) is 4.50. The van der Waals surface area contributed by atoms with Crippen molar-refractivity contribution in [3.8, 4) is 17.2 Å². The van der Waals surface area contributed by atoms with Gasteiger partial charge in [-0.2, -0.15) is 13.2 Å². The van der Waals surface area contributed by atoms with Crippen LogP contribution in [0.5, 0.6) is 5.75 Å². The number of hydrogen-bond acceptors (Lipinski definition) is 7. The van der Waals surface area contributed by atoms with Gasteiger partial charge in [-0.15, -0.1) is 0 Å². The van der Waals surface area contributed by atoms with Crippen LogP contribution in [-0.2, 0) is 19.1 Å². The summed E-state index contributed by atoms with van der Waals surface area (Å²) in [5.74, 6) is -0.184. The summed E-state index contributed by atoms with van der Waals surface area (Å²) in [5, 5.41) is 10.3. The lowest BCUT2D eigenvalue weighted by Gasteiger charge is -2.35. The van der Waals surface area contributed by atoms with Gasteiger partial charge in [0, 0.05) is 17.5 Å². The van der Waals surface area contributed by atoms with Crippen LogP contribution in [0.15, 0.2) is 52.9 Å². The number of rotatable bonds is 5. The van der Waals surface area contributed by atoms with E-state index in [9.17, 15) is 23.1 Å². The standard InChI is InChI=1S/C27H25F3N4O4/c1-14(31)24-23(26(36)34-12-16-6-4-3-5-15(16)11-17(34)13-35)33-25(38-24)19-7-9-20(37-2)22-18(19)8-10-21(32-22)27(28,29)30/h3-10,14,17,35H,11-13,31H2,1-2H3/t14-,17-/m0/s1. The summed E-state index contributed by atoms with van der Waals surface area (Å²) in [5.41, 5.74) is 7.36. The van der Waals surface area contributed by atoms with E-state index in [1.54, 1.807) is 17.9 Å². The van der Waals surface area contributed by atoms with Crippen LogP contribution in [-0.4, -0.2) is 45.6 Å². The number of oxazole rings is 1. The predicted molar refractivity (Wildman–Crippen MR) is 132 cm³/mol. The molecule has 0 unspecified atom stereocenters. The summed E-state index contributed by atoms with van der Waals surface area (Å²) in [6.45, 7) is 1.67. The van der Waals surface area contributed by atoms with Crippen molar-refractivity contribution in [2.75, 3.05) is 13.7 Å². The number of hydrogen-bond donors (Lipinski definition) is 2. The highest BCUT2D eigenvalue weighted by molar-refractivity contribution is 5.98. The number of aliphatic hydroxyl groups excluding tert-OH is 1. The molecule has 3 heterocycles. The number of halogens is 3. The number of carbonyl (C=O) groups excluding carboxylic acids is 1. The number of pyridine rings is 1. The number of alkyl halides is 3. The average molecular weight is 527 g/mol. The van der Waals surface area contributed by atoms with Crippen LogP contribution in [0.2, 0.25) is 0 Å². The first-order valence-electron chi connectivity index (χ1n) is 11.9. The van der Waals surface area contributed by atoms with Crippen LogP contribution in [0, 0.1) is 0 Å². The third-order valence-corrected chi connectivity index (χ3v) is 6.66. The number of aliphatic hydroxyl groups is 1. The van der Waals surface area contributed by atoms with E-state index in [1.165, 1.54) is 19.2 Å². The van der Waals surface area contributed by atoms with E-state index in [0.29, 0.717) is 17.4 Å². The molecular formula is C27H25F3N4O4. The molecule has 0 radical (unpaired) electrons. The van der Waals surface area contributed by atoms with Gasteiger partial charge in [-0.1, -0.05) is 24.3 Å². The summed E-state index contributed by atoms with van der Waals surface area (Å²) in [6, 6.07) is 11.7. The smallest absolute Gasteiger partial charge is 0.433 e. The van der Waals surface area contributed by atoms with Gasteiger partial charge in [-0.3, -0.25) is 4.79 Å². The Morgan fingerprint density at radius 3 is 2.58 bits per heavy atom. The second-order valence-electron chi connectivity index (χ2n) is 9.17. The van der Waals surface area contributed by atoms with Gasteiger partial charge in [0.1, 0.15) is 17.0 Å². The van der Waals surface area contributed by atoms with E-state index in [-0.39, 0.29) is 41.8 Å². The molecule has 0 saturated heterocycles. The molecule has 5 rings (SSSR count). The number of aromatic nitrogens is 2. The van der Waals surface area contributed by atoms with Gasteiger partial charge in [0.15, 0.2) is 11.5 Å². The van der Waals surface area contributed by atoms with Crippen molar-refractivity contribution >= 4 is 16.8 Å². The van der Waals surface area contributed by atoms with Crippen molar-refractivity contribution in [1.82, 2.24) is 14.9 Å². The molecule has 0 aliphatic carbocycles. The quantitative estimate of drug-likeness (QED) is 0.394.